The molecule has 6 nitrogen and oxygen atoms in total. The fraction of sp³-hybridized carbons (Fsp3) is 0.361. The van der Waals surface area contributed by atoms with Gasteiger partial charge in [0.2, 0.25) is 5.91 Å². The van der Waals surface area contributed by atoms with E-state index in [1.165, 1.54) is 11.8 Å². The van der Waals surface area contributed by atoms with E-state index in [1.54, 1.807) is 31.4 Å². The molecule has 5 rings (SSSR count). The molecule has 0 aliphatic heterocycles. The number of thioether (sulfide) groups is 1. The van der Waals surface area contributed by atoms with Crippen molar-refractivity contribution >= 4 is 256 Å². The highest BCUT2D eigenvalue weighted by Crippen LogP contribution is 2.57. The zero-order valence-electron chi connectivity index (χ0n) is 46.6. The summed E-state index contributed by atoms with van der Waals surface area (Å²) < 4.78 is 60.2. The van der Waals surface area contributed by atoms with Gasteiger partial charge < -0.3 is 14.4 Å². The van der Waals surface area contributed by atoms with E-state index < -0.39 is 37.3 Å². The summed E-state index contributed by atoms with van der Waals surface area (Å²) in [4.78, 5) is 39.9. The summed E-state index contributed by atoms with van der Waals surface area (Å²) >= 11 is 1.44. The predicted octanol–water partition coefficient (Wildman–Crippen LogP) is -24.2. The second kappa shape index (κ2) is 19.4. The van der Waals surface area contributed by atoms with Gasteiger partial charge in [-0.05, 0) is 28.8 Å². The van der Waals surface area contributed by atoms with Crippen molar-refractivity contribution in [2.75, 3.05) is 26.2 Å². The van der Waals surface area contributed by atoms with E-state index in [9.17, 15) is 18.0 Å². The Kier molecular flexibility index (Phi) is 16.1. The Balaban J connectivity index is 1.80. The molecular weight excluding hydrogens is 866 g/mol. The van der Waals surface area contributed by atoms with Crippen molar-refractivity contribution in [2.45, 2.75) is 57.2 Å². The van der Waals surface area contributed by atoms with Crippen LogP contribution >= 0.6 is 11.8 Å². The maximum absolute atomic E-state index is 16.0. The van der Waals surface area contributed by atoms with Crippen molar-refractivity contribution in [1.29, 1.82) is 0 Å². The topological polar surface area (TPSA) is 58.4 Å². The summed E-state index contributed by atoms with van der Waals surface area (Å²) in [6, 6.07) is 0. The van der Waals surface area contributed by atoms with E-state index >= 15 is 9.18 Å². The van der Waals surface area contributed by atoms with Crippen LogP contribution in [0.15, 0.2) is 9.95 Å². The zero-order chi connectivity index (χ0) is 53.0. The molecule has 69 heavy (non-hydrogen) atoms. The molecule has 0 fully saturated rings. The molecule has 0 radical (unpaired) electrons. The summed E-state index contributed by atoms with van der Waals surface area (Å²) in [5, 5.41) is -2.03. The highest BCUT2D eigenvalue weighted by Gasteiger charge is 2.59. The third kappa shape index (κ3) is 9.18. The number of fused-ring (bicyclic) bond motifs is 1. The van der Waals surface area contributed by atoms with Crippen molar-refractivity contribution in [3.8, 4) is 11.1 Å². The fourth-order valence-electron chi connectivity index (χ4n) is 12.4. The first-order valence-corrected chi connectivity index (χ1v) is 25.6. The number of likely N-dealkylation sites (N-methyl/N-ethyl adjacent to an activating group) is 1. The normalized spacial score (nSPS) is 15.3. The molecular formula is C36H60B22F4N4O2S. The van der Waals surface area contributed by atoms with Crippen LogP contribution in [0.1, 0.15) is 41.8 Å². The van der Waals surface area contributed by atoms with Crippen LogP contribution in [0.25, 0.3) is 11.1 Å². The minimum Gasteiger partial charge on any atom is -0.346 e. The molecule has 0 unspecified atom stereocenters. The first-order valence-electron chi connectivity index (χ1n) is 24.8. The van der Waals surface area contributed by atoms with E-state index in [1.807, 2.05) is 40.9 Å². The highest BCUT2D eigenvalue weighted by atomic mass is 32.2. The van der Waals surface area contributed by atoms with Gasteiger partial charge in [0.1, 0.15) is 169 Å². The van der Waals surface area contributed by atoms with Crippen molar-refractivity contribution in [3.05, 3.63) is 44.1 Å². The number of rotatable bonds is 13. The van der Waals surface area contributed by atoms with Gasteiger partial charge >= 0.3 is 6.18 Å². The van der Waals surface area contributed by atoms with Gasteiger partial charge in [0.25, 0.3) is 5.56 Å². The molecule has 1 aliphatic carbocycles. The summed E-state index contributed by atoms with van der Waals surface area (Å²) in [6.45, 7) is 6.81. The number of aromatic nitrogens is 2. The third-order valence-corrected chi connectivity index (χ3v) is 19.4. The molecule has 0 saturated carbocycles. The molecule has 336 valence electrons. The van der Waals surface area contributed by atoms with Crippen molar-refractivity contribution in [3.63, 3.8) is 0 Å². The Morgan fingerprint density at radius 2 is 1.03 bits per heavy atom. The van der Waals surface area contributed by atoms with E-state index in [0.717, 1.165) is 73.8 Å². The van der Waals surface area contributed by atoms with Gasteiger partial charge in [-0.2, -0.15) is 18.2 Å². The molecule has 1 heterocycles. The Hall–Kier alpha value is -2.53. The zero-order valence-corrected chi connectivity index (χ0v) is 47.4. The predicted molar refractivity (Wildman–Crippen MR) is 350 cm³/mol. The number of hydrogen-bond donors (Lipinski definition) is 0. The van der Waals surface area contributed by atoms with Gasteiger partial charge in [-0.15, -0.1) is 0 Å². The minimum absolute atomic E-state index is 0.0820. The van der Waals surface area contributed by atoms with Crippen LogP contribution in [-0.2, 0) is 37.8 Å². The molecule has 1 aromatic heterocycles. The van der Waals surface area contributed by atoms with Crippen molar-refractivity contribution < 1.29 is 22.4 Å². The summed E-state index contributed by atoms with van der Waals surface area (Å²) in [5.41, 5.74) is 12.8. The Labute approximate surface area is 433 Å². The molecule has 0 atom stereocenters. The van der Waals surface area contributed by atoms with Crippen LogP contribution in [0.3, 0.4) is 0 Å². The molecule has 0 N–H and O–H groups in total. The number of halogens is 4. The van der Waals surface area contributed by atoms with E-state index in [-0.39, 0.29) is 34.8 Å². The van der Waals surface area contributed by atoms with Crippen molar-refractivity contribution in [1.82, 2.24) is 19.4 Å². The van der Waals surface area contributed by atoms with Crippen LogP contribution in [0, 0.1) is 5.82 Å². The summed E-state index contributed by atoms with van der Waals surface area (Å²) in [7, 11) is 43.9. The lowest BCUT2D eigenvalue weighted by Crippen LogP contribution is -2.61. The van der Waals surface area contributed by atoms with Crippen LogP contribution in [0.5, 0.6) is 0 Å². The van der Waals surface area contributed by atoms with E-state index in [4.69, 9.17) is 4.98 Å². The standard InChI is InChI=1S/C36H60B22F4N4O2S/c1-3-64(4-2)5-6-66(33(53,54)11-19(41)15(37)9(16(38)20(11)42)10-17(39)23(45)13(35(60,61)62)24(46)18(10)40)8(67)7-65-28-14(31(49,50)36(57,58)32(28,51)52)29(68)63-30(65)69-34(55,56)12-21(43)25(47)27(59)26(48)22(12)44/h3-7,37-58H2,1-2H3. The molecule has 33 heteroatoms. The second-order valence-electron chi connectivity index (χ2n) is 22.8. The monoisotopic (exact) mass is 931 g/mol. The van der Waals surface area contributed by atoms with Gasteiger partial charge in [0.05, 0.1) is 15.7 Å². The number of alkyl halides is 3. The molecule has 0 bridgehead atoms. The van der Waals surface area contributed by atoms with Gasteiger partial charge in [-0.1, -0.05) is 118 Å². The maximum Gasteiger partial charge on any atom is 0.415 e. The largest absolute Gasteiger partial charge is 0.415 e. The van der Waals surface area contributed by atoms with E-state index in [2.05, 4.69) is 129 Å². The average molecular weight is 927 g/mol. The lowest BCUT2D eigenvalue weighted by molar-refractivity contribution is -0.136. The van der Waals surface area contributed by atoms with Gasteiger partial charge in [-0.3, -0.25) is 9.59 Å². The maximum atomic E-state index is 16.0. The lowest BCUT2D eigenvalue weighted by atomic mass is 9.20. The third-order valence-electron chi connectivity index (χ3n) is 18.2. The van der Waals surface area contributed by atoms with Gasteiger partial charge in [0.15, 0.2) is 5.16 Å². The summed E-state index contributed by atoms with van der Waals surface area (Å²) in [6.07, 6.45) is -4.48. The Morgan fingerprint density at radius 3 is 1.43 bits per heavy atom. The van der Waals surface area contributed by atoms with Crippen LogP contribution in [0.4, 0.5) is 17.6 Å². The number of carbonyl (C=O) groups is 1. The average Bonchev–Trinajstić information content (AvgIpc) is 3.34. The Morgan fingerprint density at radius 1 is 0.623 bits per heavy atom. The quantitative estimate of drug-likeness (QED) is 0.0579. The molecule has 3 aromatic carbocycles. The number of carbonyl (C=O) groups excluding carboxylic acids is 1. The van der Waals surface area contributed by atoms with Gasteiger partial charge in [-0.25, -0.2) is 4.39 Å². The minimum atomic E-state index is -4.48. The number of nitrogens with zero attached hydrogens (tertiary/aromatic N) is 4. The molecule has 0 spiro atoms. The first kappa shape index (κ1) is 57.4. The number of amides is 1. The molecule has 1 amide bonds. The fourth-order valence-corrected chi connectivity index (χ4v) is 13.6. The Bertz CT molecular complexity index is 2770. The molecule has 1 aliphatic rings. The smallest absolute Gasteiger partial charge is 0.346 e. The van der Waals surface area contributed by atoms with Crippen LogP contribution in [0.2, 0.25) is 5.21 Å². The number of benzene rings is 3. The van der Waals surface area contributed by atoms with Crippen LogP contribution < -0.4 is 71.1 Å². The van der Waals surface area contributed by atoms with Crippen molar-refractivity contribution in [2.24, 2.45) is 0 Å². The lowest BCUT2D eigenvalue weighted by Gasteiger charge is -2.46. The summed E-state index contributed by atoms with van der Waals surface area (Å²) in [5.74, 6) is -0.343. The molecule has 0 saturated heterocycles. The highest BCUT2D eigenvalue weighted by molar-refractivity contribution is 8.02. The second-order valence-corrected chi connectivity index (χ2v) is 24.4. The SMILES string of the molecule is Bc1c(B)c(C(B)(B)Sc2nc(=O)c3c(n2CC(=O)N(CCN(CC)CC)C(B)(B)c2c(B)c(B)c(-c4c(B)c(B)c(C(F)(F)F)c(B)c4B)c(B)c2B)C(B)(B)C(B)(B)C3(B)B)c(B)c(B)c1F. The van der Waals surface area contributed by atoms with Crippen LogP contribution in [-0.4, -0.2) is 224 Å². The molecule has 4 aromatic rings. The van der Waals surface area contributed by atoms with Gasteiger partial charge in [0, 0.05) is 35.2 Å². The van der Waals surface area contributed by atoms with E-state index in [0.29, 0.717) is 45.7 Å². The number of hydrogen-bond acceptors (Lipinski definition) is 5. The first-order chi connectivity index (χ1) is 31.3.